The van der Waals surface area contributed by atoms with Gasteiger partial charge >= 0.3 is 0 Å². The third-order valence-corrected chi connectivity index (χ3v) is 2.68. The fraction of sp³-hybridized carbons (Fsp3) is 0.692. The SMILES string of the molecule is COCCN(CC(C)C)C(=O)c1cn(CCN)cn1. The van der Waals surface area contributed by atoms with Crippen LogP contribution >= 0.6 is 0 Å². The van der Waals surface area contributed by atoms with Crippen molar-refractivity contribution in [2.24, 2.45) is 11.7 Å². The minimum absolute atomic E-state index is 0.0541. The van der Waals surface area contributed by atoms with Crippen molar-refractivity contribution in [2.45, 2.75) is 20.4 Å². The van der Waals surface area contributed by atoms with Gasteiger partial charge in [-0.15, -0.1) is 0 Å². The average Bonchev–Trinajstić information content (AvgIpc) is 2.82. The lowest BCUT2D eigenvalue weighted by molar-refractivity contribution is 0.0667. The van der Waals surface area contributed by atoms with Gasteiger partial charge in [0.1, 0.15) is 5.69 Å². The van der Waals surface area contributed by atoms with E-state index >= 15 is 0 Å². The van der Waals surface area contributed by atoms with Gasteiger partial charge in [0, 0.05) is 39.5 Å². The van der Waals surface area contributed by atoms with Crippen molar-refractivity contribution in [3.8, 4) is 0 Å². The van der Waals surface area contributed by atoms with E-state index in [0.717, 1.165) is 0 Å². The summed E-state index contributed by atoms with van der Waals surface area (Å²) in [7, 11) is 1.63. The van der Waals surface area contributed by atoms with E-state index < -0.39 is 0 Å². The lowest BCUT2D eigenvalue weighted by Crippen LogP contribution is -2.37. The Kier molecular flexibility index (Phi) is 6.52. The monoisotopic (exact) mass is 268 g/mol. The summed E-state index contributed by atoms with van der Waals surface area (Å²) in [4.78, 5) is 18.3. The number of rotatable bonds is 8. The molecule has 0 fully saturated rings. The van der Waals surface area contributed by atoms with E-state index in [0.29, 0.717) is 44.4 Å². The fourth-order valence-electron chi connectivity index (χ4n) is 1.82. The fourth-order valence-corrected chi connectivity index (χ4v) is 1.82. The van der Waals surface area contributed by atoms with Crippen LogP contribution in [0.15, 0.2) is 12.5 Å². The minimum Gasteiger partial charge on any atom is -0.383 e. The second-order valence-electron chi connectivity index (χ2n) is 4.92. The molecule has 108 valence electrons. The Hall–Kier alpha value is -1.40. The molecule has 0 spiro atoms. The summed E-state index contributed by atoms with van der Waals surface area (Å²) < 4.78 is 6.88. The Morgan fingerprint density at radius 1 is 1.58 bits per heavy atom. The summed E-state index contributed by atoms with van der Waals surface area (Å²) in [6, 6.07) is 0. The molecule has 1 heterocycles. The van der Waals surface area contributed by atoms with E-state index in [1.807, 2.05) is 4.57 Å². The first-order valence-corrected chi connectivity index (χ1v) is 6.58. The van der Waals surface area contributed by atoms with E-state index in [-0.39, 0.29) is 5.91 Å². The smallest absolute Gasteiger partial charge is 0.274 e. The third kappa shape index (κ3) is 5.00. The third-order valence-electron chi connectivity index (χ3n) is 2.68. The maximum Gasteiger partial charge on any atom is 0.274 e. The molecule has 6 nitrogen and oxygen atoms in total. The van der Waals surface area contributed by atoms with Crippen molar-refractivity contribution in [3.63, 3.8) is 0 Å². The first kappa shape index (κ1) is 15.7. The Labute approximate surface area is 114 Å². The number of nitrogens with zero attached hydrogens (tertiary/aromatic N) is 3. The molecule has 0 aliphatic heterocycles. The van der Waals surface area contributed by atoms with Gasteiger partial charge in [-0.2, -0.15) is 0 Å². The number of ether oxygens (including phenoxy) is 1. The Morgan fingerprint density at radius 3 is 2.89 bits per heavy atom. The van der Waals surface area contributed by atoms with E-state index in [1.54, 1.807) is 24.5 Å². The number of methoxy groups -OCH3 is 1. The molecule has 0 unspecified atom stereocenters. The van der Waals surface area contributed by atoms with Crippen molar-refractivity contribution in [2.75, 3.05) is 33.4 Å². The quantitative estimate of drug-likeness (QED) is 0.749. The number of hydrogen-bond donors (Lipinski definition) is 1. The van der Waals surface area contributed by atoms with Gasteiger partial charge < -0.3 is 19.9 Å². The normalized spacial score (nSPS) is 11.0. The van der Waals surface area contributed by atoms with Crippen LogP contribution in [0.2, 0.25) is 0 Å². The van der Waals surface area contributed by atoms with Crippen LogP contribution in [0.5, 0.6) is 0 Å². The average molecular weight is 268 g/mol. The van der Waals surface area contributed by atoms with Gasteiger partial charge in [-0.1, -0.05) is 13.8 Å². The van der Waals surface area contributed by atoms with Crippen LogP contribution in [-0.2, 0) is 11.3 Å². The van der Waals surface area contributed by atoms with E-state index in [2.05, 4.69) is 18.8 Å². The van der Waals surface area contributed by atoms with E-state index in [4.69, 9.17) is 10.5 Å². The van der Waals surface area contributed by atoms with Gasteiger partial charge in [0.25, 0.3) is 5.91 Å². The maximum atomic E-state index is 12.4. The highest BCUT2D eigenvalue weighted by Crippen LogP contribution is 2.06. The molecule has 0 aromatic carbocycles. The molecule has 0 atom stereocenters. The Balaban J connectivity index is 2.72. The molecule has 0 aliphatic carbocycles. The molecule has 0 saturated heterocycles. The predicted molar refractivity (Wildman–Crippen MR) is 73.9 cm³/mol. The van der Waals surface area contributed by atoms with E-state index in [1.165, 1.54) is 0 Å². The van der Waals surface area contributed by atoms with Crippen LogP contribution in [0.4, 0.5) is 0 Å². The van der Waals surface area contributed by atoms with Gasteiger partial charge in [0.2, 0.25) is 0 Å². The van der Waals surface area contributed by atoms with Crippen LogP contribution in [0.1, 0.15) is 24.3 Å². The van der Waals surface area contributed by atoms with Crippen molar-refractivity contribution < 1.29 is 9.53 Å². The molecule has 1 amide bonds. The molecule has 0 aliphatic rings. The van der Waals surface area contributed by atoms with Crippen LogP contribution in [-0.4, -0.2) is 53.7 Å². The van der Waals surface area contributed by atoms with E-state index in [9.17, 15) is 4.79 Å². The molecule has 2 N–H and O–H groups in total. The standard InChI is InChI=1S/C13H24N4O2/c1-11(2)8-17(6-7-19-3)13(18)12-9-16(5-4-14)10-15-12/h9-11H,4-8,14H2,1-3H3. The number of hydrogen-bond acceptors (Lipinski definition) is 4. The highest BCUT2D eigenvalue weighted by atomic mass is 16.5. The van der Waals surface area contributed by atoms with Crippen LogP contribution in [0.25, 0.3) is 0 Å². The number of nitrogens with two attached hydrogens (primary N) is 1. The molecule has 0 bridgehead atoms. The highest BCUT2D eigenvalue weighted by molar-refractivity contribution is 5.92. The number of imidazole rings is 1. The first-order chi connectivity index (χ1) is 9.08. The molecule has 19 heavy (non-hydrogen) atoms. The van der Waals surface area contributed by atoms with Crippen molar-refractivity contribution in [1.82, 2.24) is 14.5 Å². The van der Waals surface area contributed by atoms with Crippen LogP contribution in [0.3, 0.4) is 0 Å². The van der Waals surface area contributed by atoms with Crippen molar-refractivity contribution in [3.05, 3.63) is 18.2 Å². The van der Waals surface area contributed by atoms with Gasteiger partial charge in [-0.3, -0.25) is 4.79 Å². The minimum atomic E-state index is -0.0541. The first-order valence-electron chi connectivity index (χ1n) is 6.58. The number of carbonyl (C=O) groups is 1. The zero-order valence-electron chi connectivity index (χ0n) is 12.0. The summed E-state index contributed by atoms with van der Waals surface area (Å²) in [5.41, 5.74) is 5.94. The second-order valence-corrected chi connectivity index (χ2v) is 4.92. The highest BCUT2D eigenvalue weighted by Gasteiger charge is 2.18. The largest absolute Gasteiger partial charge is 0.383 e. The lowest BCUT2D eigenvalue weighted by Gasteiger charge is -2.23. The van der Waals surface area contributed by atoms with Gasteiger partial charge in [0.05, 0.1) is 12.9 Å². The molecule has 0 radical (unpaired) electrons. The summed E-state index contributed by atoms with van der Waals surface area (Å²) in [6.45, 7) is 7.18. The lowest BCUT2D eigenvalue weighted by atomic mass is 10.2. The molecule has 6 heteroatoms. The number of carbonyl (C=O) groups excluding carboxylic acids is 1. The zero-order chi connectivity index (χ0) is 14.3. The summed E-state index contributed by atoms with van der Waals surface area (Å²) in [5.74, 6) is 0.355. The topological polar surface area (TPSA) is 73.4 Å². The number of amides is 1. The van der Waals surface area contributed by atoms with Gasteiger partial charge in [-0.05, 0) is 5.92 Å². The van der Waals surface area contributed by atoms with Gasteiger partial charge in [-0.25, -0.2) is 4.98 Å². The molecule has 0 saturated carbocycles. The Bertz CT molecular complexity index is 390. The second kappa shape index (κ2) is 7.91. The Morgan fingerprint density at radius 2 is 2.32 bits per heavy atom. The molecule has 1 aromatic rings. The summed E-state index contributed by atoms with van der Waals surface area (Å²) in [5, 5.41) is 0. The molecule has 1 aromatic heterocycles. The van der Waals surface area contributed by atoms with Gasteiger partial charge in [0.15, 0.2) is 0 Å². The van der Waals surface area contributed by atoms with Crippen LogP contribution < -0.4 is 5.73 Å². The predicted octanol–water partition coefficient (Wildman–Crippen LogP) is 0.586. The summed E-state index contributed by atoms with van der Waals surface area (Å²) >= 11 is 0. The summed E-state index contributed by atoms with van der Waals surface area (Å²) in [6.07, 6.45) is 3.39. The molecular formula is C13H24N4O2. The van der Waals surface area contributed by atoms with Crippen molar-refractivity contribution >= 4 is 5.91 Å². The van der Waals surface area contributed by atoms with Crippen LogP contribution in [0, 0.1) is 5.92 Å². The molecular weight excluding hydrogens is 244 g/mol. The van der Waals surface area contributed by atoms with Crippen molar-refractivity contribution in [1.29, 1.82) is 0 Å². The number of aromatic nitrogens is 2. The zero-order valence-corrected chi connectivity index (χ0v) is 12.0. The maximum absolute atomic E-state index is 12.4. The molecule has 1 rings (SSSR count).